The molecule has 0 aliphatic carbocycles. The summed E-state index contributed by atoms with van der Waals surface area (Å²) in [5.41, 5.74) is 0. The van der Waals surface area contributed by atoms with Crippen molar-refractivity contribution in [3.63, 3.8) is 0 Å². The molecule has 0 N–H and O–H groups in total. The average Bonchev–Trinajstić information content (AvgIpc) is 1.59. The van der Waals surface area contributed by atoms with E-state index in [9.17, 15) is 17.6 Å². The molecule has 0 aliphatic heterocycles. The first-order valence-electron chi connectivity index (χ1n) is 1.56. The van der Waals surface area contributed by atoms with Crippen LogP contribution in [0.5, 0.6) is 0 Å². The second-order valence-corrected chi connectivity index (χ2v) is 0.826. The Hall–Kier alpha value is -0.740. The van der Waals surface area contributed by atoms with Crippen molar-refractivity contribution in [3.8, 4) is 0 Å². The van der Waals surface area contributed by atoms with Crippen molar-refractivity contribution < 1.29 is 22.3 Å². The molecule has 0 atom stereocenters. The van der Waals surface area contributed by atoms with Crippen LogP contribution in [-0.4, -0.2) is 6.36 Å². The van der Waals surface area contributed by atoms with E-state index in [0.717, 1.165) is 0 Å². The minimum absolute atomic E-state index is 0.0833. The Morgan fingerprint density at radius 3 is 1.88 bits per heavy atom. The highest BCUT2D eigenvalue weighted by molar-refractivity contribution is 4.57. The van der Waals surface area contributed by atoms with Gasteiger partial charge in [0.1, 0.15) is 12.6 Å². The van der Waals surface area contributed by atoms with Crippen LogP contribution in [0.4, 0.5) is 17.6 Å². The lowest BCUT2D eigenvalue weighted by Crippen LogP contribution is -2.07. The topological polar surface area (TPSA) is 9.23 Å². The molecule has 0 aromatic heterocycles. The molecule has 0 fully saturated rings. The molecule has 0 saturated heterocycles. The van der Waals surface area contributed by atoms with E-state index in [0.29, 0.717) is 0 Å². The summed E-state index contributed by atoms with van der Waals surface area (Å²) in [5.74, 6) is 0. The number of hydrogen-bond acceptors (Lipinski definition) is 1. The summed E-state index contributed by atoms with van der Waals surface area (Å²) >= 11 is 0. The third-order valence-electron chi connectivity index (χ3n) is 0.253. The highest BCUT2D eigenvalue weighted by Crippen LogP contribution is 2.15. The zero-order valence-electron chi connectivity index (χ0n) is 3.57. The van der Waals surface area contributed by atoms with Crippen LogP contribution in [0.25, 0.3) is 0 Å². The fraction of sp³-hybridized carbons (Fsp3) is 0.333. The average molecular weight is 130 g/mol. The Morgan fingerprint density at radius 1 is 1.25 bits per heavy atom. The maximum atomic E-state index is 10.8. The number of rotatable bonds is 1. The lowest BCUT2D eigenvalue weighted by atomic mass is 11.1. The number of halogens is 4. The van der Waals surface area contributed by atoms with Crippen molar-refractivity contribution in [2.45, 2.75) is 6.36 Å². The Bertz CT molecular complexity index is 83.8. The van der Waals surface area contributed by atoms with Crippen LogP contribution in [0.15, 0.2) is 12.6 Å². The first kappa shape index (κ1) is 7.26. The Balaban J connectivity index is 3.39. The van der Waals surface area contributed by atoms with Crippen molar-refractivity contribution in [1.82, 2.24) is 0 Å². The van der Waals surface area contributed by atoms with Gasteiger partial charge in [-0.05, 0) is 0 Å². The van der Waals surface area contributed by atoms with Crippen LogP contribution in [0, 0.1) is 0 Å². The van der Waals surface area contributed by atoms with Gasteiger partial charge < -0.3 is 4.74 Å². The van der Waals surface area contributed by atoms with Crippen LogP contribution in [0.2, 0.25) is 0 Å². The van der Waals surface area contributed by atoms with Gasteiger partial charge in [-0.1, -0.05) is 0 Å². The van der Waals surface area contributed by atoms with Crippen LogP contribution in [0.3, 0.4) is 0 Å². The summed E-state index contributed by atoms with van der Waals surface area (Å²) < 4.78 is 45.9. The van der Waals surface area contributed by atoms with Gasteiger partial charge in [-0.25, -0.2) is 4.39 Å². The first-order chi connectivity index (χ1) is 3.56. The second kappa shape index (κ2) is 2.54. The quantitative estimate of drug-likeness (QED) is 0.389. The van der Waals surface area contributed by atoms with E-state index in [2.05, 4.69) is 4.74 Å². The van der Waals surface area contributed by atoms with Gasteiger partial charge >= 0.3 is 6.36 Å². The van der Waals surface area contributed by atoms with E-state index in [1.165, 1.54) is 0 Å². The number of ether oxygens (including phenoxy) is 1. The maximum absolute atomic E-state index is 10.8. The van der Waals surface area contributed by atoms with Gasteiger partial charge in [0.15, 0.2) is 0 Å². The number of hydrogen-bond donors (Lipinski definition) is 0. The SMILES string of the molecule is F/C=C\OC(F)(F)F. The van der Waals surface area contributed by atoms with Crippen LogP contribution >= 0.6 is 0 Å². The third-order valence-corrected chi connectivity index (χ3v) is 0.253. The highest BCUT2D eigenvalue weighted by Gasteiger charge is 2.28. The Kier molecular flexibility index (Phi) is 2.30. The van der Waals surface area contributed by atoms with E-state index >= 15 is 0 Å². The molecule has 0 spiro atoms. The van der Waals surface area contributed by atoms with Crippen LogP contribution in [-0.2, 0) is 4.74 Å². The van der Waals surface area contributed by atoms with Gasteiger partial charge in [0.25, 0.3) is 0 Å². The second-order valence-electron chi connectivity index (χ2n) is 0.826. The first-order valence-corrected chi connectivity index (χ1v) is 1.56. The van der Waals surface area contributed by atoms with E-state index < -0.39 is 6.36 Å². The molecule has 5 heteroatoms. The smallest absolute Gasteiger partial charge is 0.411 e. The summed E-state index contributed by atoms with van der Waals surface area (Å²) in [7, 11) is 0. The molecule has 0 amide bonds. The molecule has 0 bridgehead atoms. The van der Waals surface area contributed by atoms with Crippen LogP contribution < -0.4 is 0 Å². The fourth-order valence-electron chi connectivity index (χ4n) is 0.103. The molecule has 0 aromatic carbocycles. The van der Waals surface area contributed by atoms with Gasteiger partial charge in [0, 0.05) is 0 Å². The Morgan fingerprint density at radius 2 is 1.75 bits per heavy atom. The maximum Gasteiger partial charge on any atom is 0.572 e. The van der Waals surface area contributed by atoms with Crippen LogP contribution in [0.1, 0.15) is 0 Å². The molecule has 8 heavy (non-hydrogen) atoms. The van der Waals surface area contributed by atoms with Crippen molar-refractivity contribution in [2.24, 2.45) is 0 Å². The lowest BCUT2D eigenvalue weighted by Gasteiger charge is -2.00. The molecular weight excluding hydrogens is 128 g/mol. The molecule has 0 aliphatic rings. The highest BCUT2D eigenvalue weighted by atomic mass is 19.4. The molecule has 0 radical (unpaired) electrons. The minimum Gasteiger partial charge on any atom is -0.411 e. The van der Waals surface area contributed by atoms with E-state index in [1.807, 2.05) is 0 Å². The molecule has 0 unspecified atom stereocenters. The normalized spacial score (nSPS) is 12.5. The Labute approximate surface area is 42.6 Å². The van der Waals surface area contributed by atoms with E-state index in [1.54, 1.807) is 0 Å². The lowest BCUT2D eigenvalue weighted by molar-refractivity contribution is -0.298. The molecule has 0 rings (SSSR count). The van der Waals surface area contributed by atoms with Crippen molar-refractivity contribution in [1.29, 1.82) is 0 Å². The monoisotopic (exact) mass is 130 g/mol. The molecule has 0 heterocycles. The summed E-state index contributed by atoms with van der Waals surface area (Å²) in [4.78, 5) is 0. The molecular formula is C3H2F4O. The van der Waals surface area contributed by atoms with Gasteiger partial charge in [-0.3, -0.25) is 0 Å². The molecule has 48 valence electrons. The van der Waals surface area contributed by atoms with Gasteiger partial charge in [0.2, 0.25) is 0 Å². The van der Waals surface area contributed by atoms with Gasteiger partial charge in [-0.2, -0.15) is 0 Å². The minimum atomic E-state index is -4.78. The predicted octanol–water partition coefficient (Wildman–Crippen LogP) is 1.96. The van der Waals surface area contributed by atoms with E-state index in [4.69, 9.17) is 0 Å². The summed E-state index contributed by atoms with van der Waals surface area (Å²) in [6.45, 7) is 0. The number of alkyl halides is 3. The fourth-order valence-corrected chi connectivity index (χ4v) is 0.103. The molecule has 0 saturated carbocycles. The van der Waals surface area contributed by atoms with Crippen molar-refractivity contribution in [3.05, 3.63) is 12.6 Å². The van der Waals surface area contributed by atoms with Gasteiger partial charge in [0.05, 0.1) is 0 Å². The van der Waals surface area contributed by atoms with Crippen molar-refractivity contribution >= 4 is 0 Å². The third kappa shape index (κ3) is 5.26. The van der Waals surface area contributed by atoms with Crippen molar-refractivity contribution in [2.75, 3.05) is 0 Å². The zero-order chi connectivity index (χ0) is 6.62. The summed E-state index contributed by atoms with van der Waals surface area (Å²) in [5, 5.41) is 0. The molecule has 1 nitrogen and oxygen atoms in total. The summed E-state index contributed by atoms with van der Waals surface area (Å²) in [6, 6.07) is 0. The van der Waals surface area contributed by atoms with E-state index in [-0.39, 0.29) is 12.6 Å². The summed E-state index contributed by atoms with van der Waals surface area (Å²) in [6.07, 6.45) is -5.20. The zero-order valence-corrected chi connectivity index (χ0v) is 3.57. The largest absolute Gasteiger partial charge is 0.572 e. The molecule has 0 aromatic rings. The van der Waals surface area contributed by atoms with Gasteiger partial charge in [-0.15, -0.1) is 13.2 Å². The standard InChI is InChI=1S/C3H2F4O/c4-1-2-8-3(5,6)7/h1-2H/b2-1-. The predicted molar refractivity (Wildman–Crippen MR) is 17.4 cm³/mol.